The molecule has 11 heteroatoms. The van der Waals surface area contributed by atoms with E-state index in [2.05, 4.69) is 20.2 Å². The summed E-state index contributed by atoms with van der Waals surface area (Å²) in [4.78, 5) is 33.9. The van der Waals surface area contributed by atoms with E-state index in [1.807, 2.05) is 6.92 Å². The Hall–Kier alpha value is -1.17. The van der Waals surface area contributed by atoms with Crippen LogP contribution in [0.25, 0.3) is 0 Å². The van der Waals surface area contributed by atoms with Gasteiger partial charge in [-0.1, -0.05) is 47.9 Å². The van der Waals surface area contributed by atoms with Crippen molar-refractivity contribution in [1.82, 2.24) is 15.3 Å². The molecule has 3 atom stereocenters. The fraction of sp³-hybridized carbons (Fsp3) is 0.500. The van der Waals surface area contributed by atoms with E-state index < -0.39 is 5.97 Å². The fourth-order valence-corrected chi connectivity index (χ4v) is 5.28. The predicted molar refractivity (Wildman–Crippen MR) is 116 cm³/mol. The number of carboxylic acids is 1. The molecule has 1 saturated carbocycles. The number of anilines is 1. The van der Waals surface area contributed by atoms with Crippen LogP contribution in [0.5, 0.6) is 0 Å². The van der Waals surface area contributed by atoms with Gasteiger partial charge in [0.05, 0.1) is 15.7 Å². The zero-order valence-electron chi connectivity index (χ0n) is 15.4. The van der Waals surface area contributed by atoms with Crippen LogP contribution in [-0.4, -0.2) is 64.9 Å². The van der Waals surface area contributed by atoms with Gasteiger partial charge < -0.3 is 20.3 Å². The number of halogens is 2. The molecule has 0 bridgehead atoms. The number of amides is 1. The average molecular weight is 451 g/mol. The third-order valence-corrected chi connectivity index (χ3v) is 7.50. The quantitative estimate of drug-likeness (QED) is 0.587. The molecule has 2 aromatic rings. The summed E-state index contributed by atoms with van der Waals surface area (Å²) >= 11 is 13.4. The molecule has 29 heavy (non-hydrogen) atoms. The second-order valence-electron chi connectivity index (χ2n) is 7.31. The summed E-state index contributed by atoms with van der Waals surface area (Å²) in [6.45, 7) is 5.28. The van der Waals surface area contributed by atoms with Crippen LogP contribution in [0.1, 0.15) is 44.9 Å². The van der Waals surface area contributed by atoms with Gasteiger partial charge >= 0.3 is 24.8 Å². The van der Waals surface area contributed by atoms with Crippen molar-refractivity contribution in [1.29, 1.82) is 0 Å². The van der Waals surface area contributed by atoms with Crippen LogP contribution in [0, 0.1) is 18.8 Å². The van der Waals surface area contributed by atoms with Gasteiger partial charge in [0, 0.05) is 36.7 Å². The van der Waals surface area contributed by atoms with Crippen molar-refractivity contribution < 1.29 is 14.7 Å². The topological polar surface area (TPSA) is 98.3 Å². The van der Waals surface area contributed by atoms with Gasteiger partial charge in [0.15, 0.2) is 5.13 Å². The summed E-state index contributed by atoms with van der Waals surface area (Å²) in [5, 5.41) is 13.8. The van der Waals surface area contributed by atoms with Crippen LogP contribution in [0.2, 0.25) is 10.0 Å². The van der Waals surface area contributed by atoms with Crippen molar-refractivity contribution in [3.05, 3.63) is 32.0 Å². The monoisotopic (exact) mass is 450 g/mol. The Labute approximate surface area is 194 Å². The van der Waals surface area contributed by atoms with E-state index in [1.54, 1.807) is 6.92 Å². The zero-order chi connectivity index (χ0) is 20.2. The molecule has 2 fully saturated rings. The number of H-pyrrole nitrogens is 1. The second kappa shape index (κ2) is 8.52. The molecule has 1 aliphatic carbocycles. The molecule has 0 unspecified atom stereocenters. The van der Waals surface area contributed by atoms with Crippen molar-refractivity contribution in [2.45, 2.75) is 32.7 Å². The van der Waals surface area contributed by atoms with Crippen molar-refractivity contribution in [2.75, 3.05) is 18.0 Å². The molecule has 0 spiro atoms. The van der Waals surface area contributed by atoms with Gasteiger partial charge in [-0.2, -0.15) is 0 Å². The first-order valence-corrected chi connectivity index (χ1v) is 10.7. The Kier molecular flexibility index (Phi) is 6.61. The molecule has 2 aromatic heterocycles. The van der Waals surface area contributed by atoms with Gasteiger partial charge in [0.2, 0.25) is 0 Å². The number of carbonyl (C=O) groups is 2. The number of aromatic amines is 1. The Morgan fingerprint density at radius 3 is 2.48 bits per heavy atom. The molecule has 1 amide bonds. The van der Waals surface area contributed by atoms with Crippen LogP contribution >= 0.6 is 34.5 Å². The number of nitrogens with one attached hydrogen (secondary N) is 2. The van der Waals surface area contributed by atoms with Crippen LogP contribution in [0.15, 0.2) is 0 Å². The van der Waals surface area contributed by atoms with E-state index in [0.29, 0.717) is 45.2 Å². The molecule has 4 rings (SSSR count). The molecular weight excluding hydrogens is 430 g/mol. The second-order valence-corrected chi connectivity index (χ2v) is 9.05. The van der Waals surface area contributed by atoms with Gasteiger partial charge in [0.25, 0.3) is 5.91 Å². The van der Waals surface area contributed by atoms with Gasteiger partial charge in [-0.15, -0.1) is 0 Å². The van der Waals surface area contributed by atoms with Crippen LogP contribution in [0.4, 0.5) is 5.13 Å². The Bertz CT molecular complexity index is 951. The summed E-state index contributed by atoms with van der Waals surface area (Å²) < 4.78 is 0. The summed E-state index contributed by atoms with van der Waals surface area (Å²) in [6.07, 6.45) is 1.52. The molecule has 1 aliphatic heterocycles. The first-order chi connectivity index (χ1) is 13.3. The Morgan fingerprint density at radius 1 is 1.31 bits per heavy atom. The Balaban J connectivity index is 0.00000240. The van der Waals surface area contributed by atoms with E-state index >= 15 is 0 Å². The number of aromatic carboxylic acids is 1. The number of thiazole rings is 1. The number of rotatable bonds is 6. The Morgan fingerprint density at radius 2 is 1.97 bits per heavy atom. The van der Waals surface area contributed by atoms with Gasteiger partial charge in [0.1, 0.15) is 10.6 Å². The molecule has 7 nitrogen and oxygen atoms in total. The van der Waals surface area contributed by atoms with Crippen molar-refractivity contribution in [3.63, 3.8) is 0 Å². The fourth-order valence-electron chi connectivity index (χ4n) is 3.90. The number of fused-ring (bicyclic) bond motifs is 1. The summed E-state index contributed by atoms with van der Waals surface area (Å²) in [5.41, 5.74) is 1.62. The number of aryl methyl sites for hydroxylation is 2. The summed E-state index contributed by atoms with van der Waals surface area (Å²) in [6, 6.07) is 0.0937. The molecule has 2 aliphatic rings. The van der Waals surface area contributed by atoms with Crippen LogP contribution in [0.3, 0.4) is 0 Å². The first-order valence-electron chi connectivity index (χ1n) is 9.14. The van der Waals surface area contributed by atoms with Crippen molar-refractivity contribution >= 4 is 70.4 Å². The molecule has 0 radical (unpaired) electrons. The minimum atomic E-state index is -0.918. The molecule has 0 aromatic carbocycles. The number of hydrogen-bond donors (Lipinski definition) is 3. The van der Waals surface area contributed by atoms with E-state index in [9.17, 15) is 14.7 Å². The number of nitrogens with zero attached hydrogens (tertiary/aromatic N) is 2. The number of carboxylic acid groups (broad SMARTS) is 1. The number of aromatic nitrogens is 2. The van der Waals surface area contributed by atoms with E-state index in [1.165, 1.54) is 11.3 Å². The van der Waals surface area contributed by atoms with Gasteiger partial charge in [-0.25, -0.2) is 9.78 Å². The maximum absolute atomic E-state index is 12.5. The number of piperidine rings is 1. The normalized spacial score (nSPS) is 22.2. The molecule has 1 saturated heterocycles. The molecule has 3 N–H and O–H groups in total. The maximum atomic E-state index is 12.5. The molecular formula is C18H21Cl2LiN4O3S. The molecule has 152 valence electrons. The van der Waals surface area contributed by atoms with Crippen LogP contribution in [-0.2, 0) is 6.42 Å². The van der Waals surface area contributed by atoms with Gasteiger partial charge in [-0.05, 0) is 13.3 Å². The van der Waals surface area contributed by atoms with Crippen molar-refractivity contribution in [2.24, 2.45) is 11.8 Å². The minimum absolute atomic E-state index is 0. The summed E-state index contributed by atoms with van der Waals surface area (Å²) in [7, 11) is 0. The third kappa shape index (κ3) is 4.06. The van der Waals surface area contributed by atoms with Crippen LogP contribution < -0.4 is 10.2 Å². The van der Waals surface area contributed by atoms with E-state index in [-0.39, 0.29) is 35.8 Å². The SMILES string of the molecule is CCCc1nc(N2C[C@@H]3[C@H](C2)[C@H]3NC(=O)c2[nH]c(C)c(Cl)c2Cl)sc1C(=O)O.[LiH]. The van der Waals surface area contributed by atoms with E-state index in [0.717, 1.165) is 24.6 Å². The summed E-state index contributed by atoms with van der Waals surface area (Å²) in [5.74, 6) is -0.501. The average Bonchev–Trinajstić information content (AvgIpc) is 3.04. The van der Waals surface area contributed by atoms with Crippen molar-refractivity contribution in [3.8, 4) is 0 Å². The third-order valence-electron chi connectivity index (χ3n) is 5.41. The van der Waals surface area contributed by atoms with Gasteiger partial charge in [-0.3, -0.25) is 4.79 Å². The zero-order valence-corrected chi connectivity index (χ0v) is 17.7. The predicted octanol–water partition coefficient (Wildman–Crippen LogP) is 2.95. The number of carbonyl (C=O) groups excluding carboxylic acids is 1. The standard InChI is InChI=1S/C18H20Cl2N4O3S.Li.H/c1-3-4-10-15(17(26)27)28-18(22-10)24-5-8-9(6-24)13(8)23-16(25)14-12(20)11(19)7(2)21-14;;/h8-9,13,21H,3-6H2,1-2H3,(H,23,25)(H,26,27);;/t8-,9+,13+;;. The van der Waals surface area contributed by atoms with E-state index in [4.69, 9.17) is 23.2 Å². The molecule has 3 heterocycles. The number of hydrogen-bond acceptors (Lipinski definition) is 5. The first kappa shape index (κ1) is 22.5.